The Kier molecular flexibility index (Phi) is 3.79. The van der Waals surface area contributed by atoms with Crippen LogP contribution in [0.25, 0.3) is 0 Å². The van der Waals surface area contributed by atoms with Crippen LogP contribution in [-0.4, -0.2) is 35.0 Å². The number of hydrogen-bond donors (Lipinski definition) is 2. The van der Waals surface area contributed by atoms with Gasteiger partial charge in [0, 0.05) is 13.7 Å². The summed E-state index contributed by atoms with van der Waals surface area (Å²) in [5, 5.41) is 16.9. The monoisotopic (exact) mass is 281 g/mol. The van der Waals surface area contributed by atoms with E-state index in [1.165, 1.54) is 6.42 Å². The zero-order valence-electron chi connectivity index (χ0n) is 12.1. The van der Waals surface area contributed by atoms with Crippen molar-refractivity contribution >= 4 is 0 Å². The van der Waals surface area contributed by atoms with Crippen molar-refractivity contribution in [2.24, 2.45) is 5.92 Å². The van der Waals surface area contributed by atoms with E-state index in [1.807, 2.05) is 0 Å². The number of nitrogens with one attached hydrogen (secondary N) is 1. The molecule has 0 amide bonds. The molecule has 1 aliphatic heterocycles. The molecule has 0 aromatic carbocycles. The normalized spacial score (nSPS) is 38.2. The molecule has 1 aromatic heterocycles. The van der Waals surface area contributed by atoms with Gasteiger partial charge < -0.3 is 19.7 Å². The third-order valence-electron chi connectivity index (χ3n) is 4.60. The molecule has 2 N–H and O–H groups in total. The zero-order chi connectivity index (χ0) is 14.2. The lowest BCUT2D eigenvalue weighted by atomic mass is 9.78. The van der Waals surface area contributed by atoms with Crippen molar-refractivity contribution in [3.63, 3.8) is 0 Å². The van der Waals surface area contributed by atoms with Gasteiger partial charge in [0.1, 0.15) is 5.60 Å². The van der Waals surface area contributed by atoms with Crippen molar-refractivity contribution in [2.45, 2.75) is 56.8 Å². The summed E-state index contributed by atoms with van der Waals surface area (Å²) in [4.78, 5) is 4.55. The molecular formula is C14H23N3O3. The molecule has 2 fully saturated rings. The van der Waals surface area contributed by atoms with E-state index in [0.29, 0.717) is 30.6 Å². The minimum absolute atomic E-state index is 0.0406. The van der Waals surface area contributed by atoms with E-state index in [9.17, 15) is 5.11 Å². The summed E-state index contributed by atoms with van der Waals surface area (Å²) < 4.78 is 11.2. The van der Waals surface area contributed by atoms with Gasteiger partial charge in [-0.3, -0.25) is 0 Å². The molecule has 0 bridgehead atoms. The topological polar surface area (TPSA) is 80.4 Å². The summed E-state index contributed by atoms with van der Waals surface area (Å²) >= 11 is 0. The van der Waals surface area contributed by atoms with E-state index >= 15 is 0 Å². The van der Waals surface area contributed by atoms with Crippen LogP contribution in [0.4, 0.5) is 0 Å². The van der Waals surface area contributed by atoms with Crippen LogP contribution in [0.15, 0.2) is 4.52 Å². The lowest BCUT2D eigenvalue weighted by Gasteiger charge is -2.36. The number of aliphatic hydroxyl groups excluding tert-OH is 1. The first kappa shape index (κ1) is 14.0. The second-order valence-corrected chi connectivity index (χ2v) is 6.21. The molecule has 112 valence electrons. The summed E-state index contributed by atoms with van der Waals surface area (Å²) in [7, 11) is 1.73. The molecule has 1 saturated heterocycles. The molecule has 3 rings (SSSR count). The molecule has 4 atom stereocenters. The van der Waals surface area contributed by atoms with Gasteiger partial charge in [0.05, 0.1) is 12.1 Å². The lowest BCUT2D eigenvalue weighted by Crippen LogP contribution is -2.35. The Morgan fingerprint density at radius 2 is 2.35 bits per heavy atom. The van der Waals surface area contributed by atoms with Crippen molar-refractivity contribution < 1.29 is 14.4 Å². The number of aromatic nitrogens is 2. The molecule has 1 aromatic rings. The van der Waals surface area contributed by atoms with E-state index in [-0.39, 0.29) is 12.1 Å². The summed E-state index contributed by atoms with van der Waals surface area (Å²) in [6, 6.07) is -0.0406. The van der Waals surface area contributed by atoms with Crippen LogP contribution in [-0.2, 0) is 10.3 Å². The van der Waals surface area contributed by atoms with Crippen LogP contribution < -0.4 is 5.32 Å². The fourth-order valence-corrected chi connectivity index (χ4v) is 3.45. The van der Waals surface area contributed by atoms with Gasteiger partial charge in [0.25, 0.3) is 0 Å². The van der Waals surface area contributed by atoms with Crippen molar-refractivity contribution in [1.29, 1.82) is 0 Å². The minimum Gasteiger partial charge on any atom is -0.392 e. The standard InChI is InChI=1S/C14H23N3O3/c1-9-4-3-5-14(7-9,19-2)13-16-12(20-17-13)11-6-10(18)8-15-11/h9-11,15,18H,3-8H2,1-2H3/t9?,10-,11-,14?/m1/s1. The van der Waals surface area contributed by atoms with E-state index < -0.39 is 5.60 Å². The van der Waals surface area contributed by atoms with E-state index in [1.54, 1.807) is 7.11 Å². The molecule has 2 aliphatic rings. The second-order valence-electron chi connectivity index (χ2n) is 6.21. The highest BCUT2D eigenvalue weighted by molar-refractivity contribution is 5.06. The first-order valence-corrected chi connectivity index (χ1v) is 7.43. The molecule has 2 unspecified atom stereocenters. The fourth-order valence-electron chi connectivity index (χ4n) is 3.45. The predicted octanol–water partition coefficient (Wildman–Crippen LogP) is 1.52. The Bertz CT molecular complexity index is 464. The third-order valence-corrected chi connectivity index (χ3v) is 4.60. The summed E-state index contributed by atoms with van der Waals surface area (Å²) in [5.74, 6) is 1.83. The molecule has 20 heavy (non-hydrogen) atoms. The Labute approximate surface area is 118 Å². The first-order chi connectivity index (χ1) is 9.63. The third kappa shape index (κ3) is 2.47. The highest BCUT2D eigenvalue weighted by Gasteiger charge is 2.41. The second kappa shape index (κ2) is 5.42. The number of nitrogens with zero attached hydrogens (tertiary/aromatic N) is 2. The van der Waals surface area contributed by atoms with Crippen LogP contribution in [0.2, 0.25) is 0 Å². The summed E-state index contributed by atoms with van der Waals surface area (Å²) in [5.41, 5.74) is -0.406. The molecule has 1 saturated carbocycles. The first-order valence-electron chi connectivity index (χ1n) is 7.43. The van der Waals surface area contributed by atoms with Gasteiger partial charge in [-0.15, -0.1) is 0 Å². The average molecular weight is 281 g/mol. The lowest BCUT2D eigenvalue weighted by molar-refractivity contribution is -0.0658. The number of ether oxygens (including phenoxy) is 1. The van der Waals surface area contributed by atoms with Crippen molar-refractivity contribution in [1.82, 2.24) is 15.5 Å². The maximum atomic E-state index is 9.57. The smallest absolute Gasteiger partial charge is 0.243 e. The van der Waals surface area contributed by atoms with Gasteiger partial charge >= 0.3 is 0 Å². The van der Waals surface area contributed by atoms with Crippen LogP contribution >= 0.6 is 0 Å². The van der Waals surface area contributed by atoms with Gasteiger partial charge in [0.15, 0.2) is 0 Å². The molecule has 6 nitrogen and oxygen atoms in total. The maximum absolute atomic E-state index is 9.57. The Hall–Kier alpha value is -0.980. The van der Waals surface area contributed by atoms with Crippen LogP contribution in [0.5, 0.6) is 0 Å². The molecule has 0 radical (unpaired) electrons. The number of rotatable bonds is 3. The molecule has 1 aliphatic carbocycles. The molecule has 6 heteroatoms. The Morgan fingerprint density at radius 3 is 3.00 bits per heavy atom. The number of methoxy groups -OCH3 is 1. The summed E-state index contributed by atoms with van der Waals surface area (Å²) in [6.45, 7) is 2.82. The quantitative estimate of drug-likeness (QED) is 0.874. The predicted molar refractivity (Wildman–Crippen MR) is 72.0 cm³/mol. The van der Waals surface area contributed by atoms with Crippen LogP contribution in [0.3, 0.4) is 0 Å². The van der Waals surface area contributed by atoms with Gasteiger partial charge in [-0.1, -0.05) is 18.5 Å². The number of β-amino-alcohol motifs (C(OH)–C–C–N with tert-alkyl or cyclic N) is 1. The van der Waals surface area contributed by atoms with Gasteiger partial charge in [-0.25, -0.2) is 0 Å². The Balaban J connectivity index is 1.81. The fraction of sp³-hybridized carbons (Fsp3) is 0.857. The SMILES string of the molecule is COC1(c2noc([C@H]3C[C@@H](O)CN3)n2)CCCC(C)C1. The minimum atomic E-state index is -0.406. The molecule has 2 heterocycles. The Morgan fingerprint density at radius 1 is 1.50 bits per heavy atom. The van der Waals surface area contributed by atoms with Crippen molar-refractivity contribution in [2.75, 3.05) is 13.7 Å². The number of aliphatic hydroxyl groups is 1. The average Bonchev–Trinajstić information content (AvgIpc) is 3.07. The van der Waals surface area contributed by atoms with Gasteiger partial charge in [-0.05, 0) is 31.6 Å². The van der Waals surface area contributed by atoms with Gasteiger partial charge in [-0.2, -0.15) is 4.98 Å². The van der Waals surface area contributed by atoms with E-state index in [2.05, 4.69) is 22.4 Å². The van der Waals surface area contributed by atoms with E-state index in [0.717, 1.165) is 19.3 Å². The highest BCUT2D eigenvalue weighted by atomic mass is 16.5. The maximum Gasteiger partial charge on any atom is 0.243 e. The van der Waals surface area contributed by atoms with Crippen LogP contribution in [0, 0.1) is 5.92 Å². The largest absolute Gasteiger partial charge is 0.392 e. The van der Waals surface area contributed by atoms with Crippen LogP contribution in [0.1, 0.15) is 56.8 Å². The molecular weight excluding hydrogens is 258 g/mol. The van der Waals surface area contributed by atoms with E-state index in [4.69, 9.17) is 9.26 Å². The number of hydrogen-bond acceptors (Lipinski definition) is 6. The zero-order valence-corrected chi connectivity index (χ0v) is 12.1. The summed E-state index contributed by atoms with van der Waals surface area (Å²) in [6.07, 6.45) is 4.52. The highest BCUT2D eigenvalue weighted by Crippen LogP contribution is 2.41. The van der Waals surface area contributed by atoms with Gasteiger partial charge in [0.2, 0.25) is 11.7 Å². The molecule has 0 spiro atoms. The van der Waals surface area contributed by atoms with Crippen molar-refractivity contribution in [3.05, 3.63) is 11.7 Å². The van der Waals surface area contributed by atoms with Crippen molar-refractivity contribution in [3.8, 4) is 0 Å².